The minimum atomic E-state index is -0.0402. The molecule has 3 nitrogen and oxygen atoms in total. The number of carbonyl (C=O) groups excluding carboxylic acids is 1. The first-order valence-electron chi connectivity index (χ1n) is 5.62. The third-order valence-electron chi connectivity index (χ3n) is 2.54. The average Bonchev–Trinajstić information content (AvgIpc) is 2.82. The SMILES string of the molecule is CC(Cc1ccoc1)NC(=O)c1ccccc1. The summed E-state index contributed by atoms with van der Waals surface area (Å²) in [6.45, 7) is 1.98. The molecule has 1 atom stereocenters. The van der Waals surface area contributed by atoms with Gasteiger partial charge in [0.2, 0.25) is 0 Å². The molecule has 1 heterocycles. The van der Waals surface area contributed by atoms with Gasteiger partial charge in [-0.15, -0.1) is 0 Å². The van der Waals surface area contributed by atoms with Gasteiger partial charge in [-0.05, 0) is 37.1 Å². The Hall–Kier alpha value is -2.03. The van der Waals surface area contributed by atoms with Crippen LogP contribution >= 0.6 is 0 Å². The molecule has 2 rings (SSSR count). The molecule has 1 N–H and O–H groups in total. The van der Waals surface area contributed by atoms with Gasteiger partial charge in [0, 0.05) is 11.6 Å². The van der Waals surface area contributed by atoms with Crippen LogP contribution < -0.4 is 5.32 Å². The summed E-state index contributed by atoms with van der Waals surface area (Å²) in [5.41, 5.74) is 1.78. The Balaban J connectivity index is 1.91. The lowest BCUT2D eigenvalue weighted by Crippen LogP contribution is -2.33. The van der Waals surface area contributed by atoms with Crippen LogP contribution in [0.15, 0.2) is 53.3 Å². The van der Waals surface area contributed by atoms with E-state index < -0.39 is 0 Å². The van der Waals surface area contributed by atoms with Gasteiger partial charge in [-0.1, -0.05) is 18.2 Å². The molecule has 1 aromatic heterocycles. The molecular formula is C14H15NO2. The maximum Gasteiger partial charge on any atom is 0.251 e. The highest BCUT2D eigenvalue weighted by Crippen LogP contribution is 2.05. The maximum atomic E-state index is 11.8. The molecule has 0 fully saturated rings. The van der Waals surface area contributed by atoms with Crippen molar-refractivity contribution in [2.45, 2.75) is 19.4 Å². The third-order valence-corrected chi connectivity index (χ3v) is 2.54. The van der Waals surface area contributed by atoms with Gasteiger partial charge in [-0.2, -0.15) is 0 Å². The topological polar surface area (TPSA) is 42.2 Å². The van der Waals surface area contributed by atoms with E-state index >= 15 is 0 Å². The van der Waals surface area contributed by atoms with Crippen LogP contribution in [0.5, 0.6) is 0 Å². The summed E-state index contributed by atoms with van der Waals surface area (Å²) in [4.78, 5) is 11.8. The van der Waals surface area contributed by atoms with Crippen molar-refractivity contribution in [2.24, 2.45) is 0 Å². The first kappa shape index (κ1) is 11.5. The fraction of sp³-hybridized carbons (Fsp3) is 0.214. The van der Waals surface area contributed by atoms with Gasteiger partial charge in [-0.25, -0.2) is 0 Å². The first-order valence-corrected chi connectivity index (χ1v) is 5.62. The van der Waals surface area contributed by atoms with Crippen molar-refractivity contribution in [2.75, 3.05) is 0 Å². The zero-order valence-corrected chi connectivity index (χ0v) is 9.72. The highest BCUT2D eigenvalue weighted by Gasteiger charge is 2.10. The Morgan fingerprint density at radius 1 is 1.29 bits per heavy atom. The van der Waals surface area contributed by atoms with E-state index in [9.17, 15) is 4.79 Å². The first-order chi connectivity index (χ1) is 8.25. The molecule has 0 saturated heterocycles. The minimum Gasteiger partial charge on any atom is -0.472 e. The molecule has 0 spiro atoms. The molecule has 3 heteroatoms. The summed E-state index contributed by atoms with van der Waals surface area (Å²) < 4.78 is 4.99. The molecule has 1 aromatic carbocycles. The van der Waals surface area contributed by atoms with Crippen LogP contribution in [0.4, 0.5) is 0 Å². The van der Waals surface area contributed by atoms with E-state index in [1.165, 1.54) is 0 Å². The second-order valence-corrected chi connectivity index (χ2v) is 4.08. The minimum absolute atomic E-state index is 0.0402. The normalized spacial score (nSPS) is 12.1. The molecule has 0 aliphatic carbocycles. The second kappa shape index (κ2) is 5.34. The van der Waals surface area contributed by atoms with Gasteiger partial charge in [0.15, 0.2) is 0 Å². The van der Waals surface area contributed by atoms with Crippen molar-refractivity contribution in [1.29, 1.82) is 0 Å². The van der Waals surface area contributed by atoms with Crippen molar-refractivity contribution >= 4 is 5.91 Å². The van der Waals surface area contributed by atoms with Crippen LogP contribution in [0.1, 0.15) is 22.8 Å². The number of rotatable bonds is 4. The molecular weight excluding hydrogens is 214 g/mol. The van der Waals surface area contributed by atoms with Crippen LogP contribution in [-0.2, 0) is 6.42 Å². The molecule has 2 aromatic rings. The molecule has 88 valence electrons. The Morgan fingerprint density at radius 3 is 2.71 bits per heavy atom. The fourth-order valence-corrected chi connectivity index (χ4v) is 1.71. The van der Waals surface area contributed by atoms with E-state index in [0.29, 0.717) is 5.56 Å². The van der Waals surface area contributed by atoms with E-state index in [-0.39, 0.29) is 11.9 Å². The fourth-order valence-electron chi connectivity index (χ4n) is 1.71. The van der Waals surface area contributed by atoms with Crippen LogP contribution in [-0.4, -0.2) is 11.9 Å². The van der Waals surface area contributed by atoms with Gasteiger partial charge >= 0.3 is 0 Å². The Morgan fingerprint density at radius 2 is 2.06 bits per heavy atom. The lowest BCUT2D eigenvalue weighted by Gasteiger charge is -2.12. The lowest BCUT2D eigenvalue weighted by atomic mass is 10.1. The van der Waals surface area contributed by atoms with Gasteiger partial charge in [0.25, 0.3) is 5.91 Å². The Labute approximate surface area is 100 Å². The molecule has 0 aliphatic heterocycles. The highest BCUT2D eigenvalue weighted by molar-refractivity contribution is 5.94. The van der Waals surface area contributed by atoms with Crippen molar-refractivity contribution in [3.63, 3.8) is 0 Å². The molecule has 0 radical (unpaired) electrons. The lowest BCUT2D eigenvalue weighted by molar-refractivity contribution is 0.0940. The van der Waals surface area contributed by atoms with Crippen molar-refractivity contribution in [1.82, 2.24) is 5.32 Å². The number of hydrogen-bond donors (Lipinski definition) is 1. The molecule has 1 amide bonds. The summed E-state index contributed by atoms with van der Waals surface area (Å²) in [5.74, 6) is -0.0402. The van der Waals surface area contributed by atoms with Gasteiger partial charge in [0.05, 0.1) is 12.5 Å². The maximum absolute atomic E-state index is 11.8. The van der Waals surface area contributed by atoms with E-state index in [1.807, 2.05) is 31.2 Å². The van der Waals surface area contributed by atoms with Gasteiger partial charge in [-0.3, -0.25) is 4.79 Å². The number of carbonyl (C=O) groups is 1. The molecule has 17 heavy (non-hydrogen) atoms. The molecule has 0 aliphatic rings. The van der Waals surface area contributed by atoms with Crippen LogP contribution in [0.2, 0.25) is 0 Å². The smallest absolute Gasteiger partial charge is 0.251 e. The summed E-state index contributed by atoms with van der Waals surface area (Å²) in [6.07, 6.45) is 4.11. The standard InChI is InChI=1S/C14H15NO2/c1-11(9-12-7-8-17-10-12)15-14(16)13-5-3-2-4-6-13/h2-8,10-11H,9H2,1H3,(H,15,16). The van der Waals surface area contributed by atoms with Gasteiger partial charge < -0.3 is 9.73 Å². The summed E-state index contributed by atoms with van der Waals surface area (Å²) in [6, 6.07) is 11.2. The van der Waals surface area contributed by atoms with E-state index in [4.69, 9.17) is 4.42 Å². The quantitative estimate of drug-likeness (QED) is 0.875. The van der Waals surface area contributed by atoms with E-state index in [2.05, 4.69) is 5.32 Å². The van der Waals surface area contributed by atoms with Crippen molar-refractivity contribution < 1.29 is 9.21 Å². The molecule has 0 saturated carbocycles. The van der Waals surface area contributed by atoms with Crippen LogP contribution in [0.3, 0.4) is 0 Å². The summed E-state index contributed by atoms with van der Waals surface area (Å²) in [7, 11) is 0. The number of nitrogens with one attached hydrogen (secondary N) is 1. The predicted octanol–water partition coefficient (Wildman–Crippen LogP) is 2.64. The Bertz CT molecular complexity index is 462. The highest BCUT2D eigenvalue weighted by atomic mass is 16.3. The zero-order valence-electron chi connectivity index (χ0n) is 9.72. The second-order valence-electron chi connectivity index (χ2n) is 4.08. The van der Waals surface area contributed by atoms with Crippen molar-refractivity contribution in [3.8, 4) is 0 Å². The summed E-state index contributed by atoms with van der Waals surface area (Å²) in [5, 5.41) is 2.95. The largest absolute Gasteiger partial charge is 0.472 e. The number of benzene rings is 1. The molecule has 0 bridgehead atoms. The number of amides is 1. The third kappa shape index (κ3) is 3.21. The Kier molecular flexibility index (Phi) is 3.60. The van der Waals surface area contributed by atoms with Crippen molar-refractivity contribution in [3.05, 3.63) is 60.1 Å². The van der Waals surface area contributed by atoms with E-state index in [0.717, 1.165) is 12.0 Å². The predicted molar refractivity (Wildman–Crippen MR) is 65.8 cm³/mol. The summed E-state index contributed by atoms with van der Waals surface area (Å²) >= 11 is 0. The van der Waals surface area contributed by atoms with Gasteiger partial charge in [0.1, 0.15) is 0 Å². The monoisotopic (exact) mass is 229 g/mol. The van der Waals surface area contributed by atoms with E-state index in [1.54, 1.807) is 24.7 Å². The van der Waals surface area contributed by atoms with Crippen LogP contribution in [0, 0.1) is 0 Å². The number of furan rings is 1. The average molecular weight is 229 g/mol. The van der Waals surface area contributed by atoms with Crippen LogP contribution in [0.25, 0.3) is 0 Å². The number of hydrogen-bond acceptors (Lipinski definition) is 2. The zero-order chi connectivity index (χ0) is 12.1. The molecule has 1 unspecified atom stereocenters.